The maximum absolute atomic E-state index is 11.9. The zero-order valence-corrected chi connectivity index (χ0v) is 18.9. The molecule has 0 saturated carbocycles. The Morgan fingerprint density at radius 3 is 2.67 bits per heavy atom. The lowest BCUT2D eigenvalue weighted by Crippen LogP contribution is -2.30. The van der Waals surface area contributed by atoms with Crippen molar-refractivity contribution in [1.82, 2.24) is 24.5 Å². The SMILES string of the molecule is C[C@@](O)(Cn1nncc1CCCn1ccc(=O)[nH]c1=O)c1ccc(Cl)cc1-c1ccccc1. The number of nitrogens with zero attached hydrogens (tertiary/aromatic N) is 4. The van der Waals surface area contributed by atoms with Crippen molar-refractivity contribution in [2.45, 2.75) is 38.5 Å². The number of aryl methyl sites for hydroxylation is 2. The van der Waals surface area contributed by atoms with Crippen molar-refractivity contribution in [3.8, 4) is 11.1 Å². The number of benzene rings is 2. The summed E-state index contributed by atoms with van der Waals surface area (Å²) in [4.78, 5) is 25.3. The monoisotopic (exact) mass is 465 g/mol. The number of halogens is 1. The smallest absolute Gasteiger partial charge is 0.328 e. The van der Waals surface area contributed by atoms with E-state index >= 15 is 0 Å². The molecule has 0 aliphatic carbocycles. The van der Waals surface area contributed by atoms with Gasteiger partial charge in [0.25, 0.3) is 5.56 Å². The van der Waals surface area contributed by atoms with Gasteiger partial charge in [-0.2, -0.15) is 0 Å². The zero-order valence-electron chi connectivity index (χ0n) is 18.1. The lowest BCUT2D eigenvalue weighted by Gasteiger charge is -2.27. The van der Waals surface area contributed by atoms with Gasteiger partial charge in [-0.05, 0) is 48.6 Å². The van der Waals surface area contributed by atoms with E-state index in [-0.39, 0.29) is 6.54 Å². The summed E-state index contributed by atoms with van der Waals surface area (Å²) < 4.78 is 3.13. The highest BCUT2D eigenvalue weighted by atomic mass is 35.5. The van der Waals surface area contributed by atoms with Crippen molar-refractivity contribution in [1.29, 1.82) is 0 Å². The van der Waals surface area contributed by atoms with E-state index in [0.29, 0.717) is 24.4 Å². The van der Waals surface area contributed by atoms with Gasteiger partial charge in [-0.1, -0.05) is 53.2 Å². The van der Waals surface area contributed by atoms with Gasteiger partial charge in [-0.15, -0.1) is 5.10 Å². The Bertz CT molecular complexity index is 1360. The van der Waals surface area contributed by atoms with Gasteiger partial charge in [0, 0.05) is 23.8 Å². The van der Waals surface area contributed by atoms with Crippen LogP contribution in [0.4, 0.5) is 0 Å². The van der Waals surface area contributed by atoms with Crippen LogP contribution in [-0.4, -0.2) is 29.7 Å². The Kier molecular flexibility index (Phi) is 6.57. The van der Waals surface area contributed by atoms with Gasteiger partial charge in [0.15, 0.2) is 0 Å². The fourth-order valence-electron chi connectivity index (χ4n) is 3.88. The van der Waals surface area contributed by atoms with Crippen molar-refractivity contribution in [2.75, 3.05) is 0 Å². The number of hydrogen-bond acceptors (Lipinski definition) is 5. The Labute approximate surface area is 195 Å². The lowest BCUT2D eigenvalue weighted by atomic mass is 9.88. The van der Waals surface area contributed by atoms with Crippen LogP contribution in [0.1, 0.15) is 24.6 Å². The maximum atomic E-state index is 11.9. The lowest BCUT2D eigenvalue weighted by molar-refractivity contribution is 0.0337. The van der Waals surface area contributed by atoms with E-state index in [1.165, 1.54) is 16.8 Å². The third-order valence-electron chi connectivity index (χ3n) is 5.53. The summed E-state index contributed by atoms with van der Waals surface area (Å²) in [7, 11) is 0. The number of nitrogens with one attached hydrogen (secondary N) is 1. The Hall–Kier alpha value is -3.49. The van der Waals surface area contributed by atoms with Gasteiger partial charge in [-0.25, -0.2) is 9.48 Å². The molecule has 33 heavy (non-hydrogen) atoms. The highest BCUT2D eigenvalue weighted by Gasteiger charge is 2.28. The second-order valence-corrected chi connectivity index (χ2v) is 8.56. The molecule has 2 aromatic heterocycles. The minimum absolute atomic E-state index is 0.197. The number of H-pyrrole nitrogens is 1. The molecule has 9 heteroatoms. The van der Waals surface area contributed by atoms with Crippen molar-refractivity contribution in [2.24, 2.45) is 0 Å². The molecule has 4 rings (SSSR count). The molecule has 170 valence electrons. The van der Waals surface area contributed by atoms with Gasteiger partial charge in [0.1, 0.15) is 5.60 Å². The quantitative estimate of drug-likeness (QED) is 0.416. The van der Waals surface area contributed by atoms with Crippen LogP contribution in [0.2, 0.25) is 5.02 Å². The third kappa shape index (κ3) is 5.30. The van der Waals surface area contributed by atoms with Gasteiger partial charge < -0.3 is 9.67 Å². The molecule has 4 aromatic rings. The number of aromatic nitrogens is 5. The van der Waals surface area contributed by atoms with Gasteiger partial charge in [0.05, 0.1) is 18.4 Å². The summed E-state index contributed by atoms with van der Waals surface area (Å²) in [6, 6.07) is 16.6. The molecule has 0 spiro atoms. The molecule has 0 aliphatic heterocycles. The van der Waals surface area contributed by atoms with E-state index in [9.17, 15) is 14.7 Å². The standard InChI is InChI=1S/C24H24ClN5O3/c1-24(33,21-10-9-18(25)14-20(21)17-6-3-2-4-7-17)16-30-19(15-26-28-30)8-5-12-29-13-11-22(31)27-23(29)32/h2-4,6-7,9-11,13-15,33H,5,8,12,16H2,1H3,(H,27,31,32)/t24-/m1/s1. The van der Waals surface area contributed by atoms with Crippen LogP contribution in [-0.2, 0) is 25.1 Å². The van der Waals surface area contributed by atoms with E-state index in [1.54, 1.807) is 23.9 Å². The van der Waals surface area contributed by atoms with Crippen LogP contribution >= 0.6 is 11.6 Å². The first kappa shape index (κ1) is 22.7. The second-order valence-electron chi connectivity index (χ2n) is 8.12. The fourth-order valence-corrected chi connectivity index (χ4v) is 4.05. The first-order chi connectivity index (χ1) is 15.8. The highest BCUT2D eigenvalue weighted by Crippen LogP contribution is 2.35. The molecule has 0 bridgehead atoms. The number of rotatable bonds is 8. The molecule has 0 amide bonds. The van der Waals surface area contributed by atoms with Crippen LogP contribution in [0.15, 0.2) is 76.6 Å². The molecule has 1 atom stereocenters. The topological polar surface area (TPSA) is 106 Å². The van der Waals surface area contributed by atoms with Gasteiger partial charge >= 0.3 is 5.69 Å². The molecule has 0 fully saturated rings. The zero-order chi connectivity index (χ0) is 23.4. The van der Waals surface area contributed by atoms with Crippen molar-refractivity contribution in [3.05, 3.63) is 104 Å². The third-order valence-corrected chi connectivity index (χ3v) is 5.77. The number of aromatic amines is 1. The molecular formula is C24H24ClN5O3. The highest BCUT2D eigenvalue weighted by molar-refractivity contribution is 6.30. The van der Waals surface area contributed by atoms with Crippen LogP contribution < -0.4 is 11.2 Å². The first-order valence-electron chi connectivity index (χ1n) is 10.6. The Morgan fingerprint density at radius 1 is 1.12 bits per heavy atom. The molecule has 2 aromatic carbocycles. The Morgan fingerprint density at radius 2 is 1.91 bits per heavy atom. The predicted molar refractivity (Wildman–Crippen MR) is 126 cm³/mol. The molecule has 0 aliphatic rings. The van der Waals surface area contributed by atoms with Crippen LogP contribution in [0.5, 0.6) is 0 Å². The van der Waals surface area contributed by atoms with Gasteiger partial charge in [0.2, 0.25) is 0 Å². The van der Waals surface area contributed by atoms with Crippen molar-refractivity contribution in [3.63, 3.8) is 0 Å². The molecule has 8 nitrogen and oxygen atoms in total. The number of aliphatic hydroxyl groups is 1. The van der Waals surface area contributed by atoms with Crippen LogP contribution in [0.25, 0.3) is 11.1 Å². The van der Waals surface area contributed by atoms with Crippen LogP contribution in [0.3, 0.4) is 0 Å². The first-order valence-corrected chi connectivity index (χ1v) is 11.0. The minimum Gasteiger partial charge on any atom is -0.383 e. The largest absolute Gasteiger partial charge is 0.383 e. The minimum atomic E-state index is -1.24. The van der Waals surface area contributed by atoms with E-state index in [4.69, 9.17) is 11.6 Å². The second kappa shape index (κ2) is 9.56. The van der Waals surface area contributed by atoms with Crippen molar-refractivity contribution < 1.29 is 5.11 Å². The summed E-state index contributed by atoms with van der Waals surface area (Å²) in [5.41, 5.74) is 1.29. The predicted octanol–water partition coefficient (Wildman–Crippen LogP) is 2.99. The molecular weight excluding hydrogens is 442 g/mol. The summed E-state index contributed by atoms with van der Waals surface area (Å²) >= 11 is 6.26. The average Bonchev–Trinajstić information content (AvgIpc) is 3.21. The van der Waals surface area contributed by atoms with E-state index in [2.05, 4.69) is 15.3 Å². The maximum Gasteiger partial charge on any atom is 0.328 e. The van der Waals surface area contributed by atoms with Crippen molar-refractivity contribution >= 4 is 11.6 Å². The van der Waals surface area contributed by atoms with Gasteiger partial charge in [-0.3, -0.25) is 9.78 Å². The van der Waals surface area contributed by atoms with Crippen LogP contribution in [0, 0.1) is 0 Å². The molecule has 2 heterocycles. The summed E-state index contributed by atoms with van der Waals surface area (Å²) in [6.45, 7) is 2.38. The fraction of sp³-hybridized carbons (Fsp3) is 0.250. The molecule has 0 radical (unpaired) electrons. The summed E-state index contributed by atoms with van der Waals surface area (Å²) in [6.07, 6.45) is 4.37. The summed E-state index contributed by atoms with van der Waals surface area (Å²) in [5.74, 6) is 0. The normalized spacial score (nSPS) is 13.1. The molecule has 2 N–H and O–H groups in total. The molecule has 0 unspecified atom stereocenters. The summed E-state index contributed by atoms with van der Waals surface area (Å²) in [5, 5.41) is 20.2. The number of hydrogen-bond donors (Lipinski definition) is 2. The molecule has 0 saturated heterocycles. The van der Waals surface area contributed by atoms with E-state index in [0.717, 1.165) is 22.4 Å². The van der Waals surface area contributed by atoms with E-state index < -0.39 is 16.9 Å². The Balaban J connectivity index is 1.53. The van der Waals surface area contributed by atoms with E-state index in [1.807, 2.05) is 42.5 Å². The average molecular weight is 466 g/mol.